The van der Waals surface area contributed by atoms with Crippen LogP contribution in [0.1, 0.15) is 19.8 Å². The van der Waals surface area contributed by atoms with Crippen LogP contribution in [0.3, 0.4) is 0 Å². The van der Waals surface area contributed by atoms with E-state index in [4.69, 9.17) is 5.11 Å². The van der Waals surface area contributed by atoms with Gasteiger partial charge in [-0.15, -0.1) is 0 Å². The van der Waals surface area contributed by atoms with Gasteiger partial charge in [0.25, 0.3) is 0 Å². The molecule has 0 aromatic rings. The zero-order chi connectivity index (χ0) is 5.98. The number of nitrogens with zero attached hydrogens (tertiary/aromatic N) is 1. The van der Waals surface area contributed by atoms with Gasteiger partial charge >= 0.3 is 0 Å². The van der Waals surface area contributed by atoms with Crippen molar-refractivity contribution in [3.05, 3.63) is 0 Å². The first-order valence-corrected chi connectivity index (χ1v) is 3.26. The molecule has 0 aromatic heterocycles. The summed E-state index contributed by atoms with van der Waals surface area (Å²) in [5.41, 5.74) is 0. The Balaban J connectivity index is 2.13. The predicted octanol–water partition coefficient (Wildman–Crippen LogP) is 0.421. The van der Waals surface area contributed by atoms with Crippen LogP contribution >= 0.6 is 0 Å². The van der Waals surface area contributed by atoms with Gasteiger partial charge in [0, 0.05) is 13.1 Å². The molecule has 1 fully saturated rings. The van der Waals surface area contributed by atoms with E-state index < -0.39 is 0 Å². The van der Waals surface area contributed by atoms with Crippen LogP contribution in [-0.2, 0) is 0 Å². The molecule has 1 saturated heterocycles. The third kappa shape index (κ3) is 1.01. The monoisotopic (exact) mass is 115 g/mol. The van der Waals surface area contributed by atoms with E-state index in [0.29, 0.717) is 0 Å². The van der Waals surface area contributed by atoms with E-state index in [-0.39, 0.29) is 6.23 Å². The minimum Gasteiger partial charge on any atom is -0.378 e. The van der Waals surface area contributed by atoms with Crippen molar-refractivity contribution < 1.29 is 5.11 Å². The summed E-state index contributed by atoms with van der Waals surface area (Å²) in [5.74, 6) is 0. The summed E-state index contributed by atoms with van der Waals surface area (Å²) in [4.78, 5) is 2.08. The van der Waals surface area contributed by atoms with Crippen LogP contribution in [0.15, 0.2) is 0 Å². The SMILES string of the molecule is CCC(O)N1CCC1. The summed E-state index contributed by atoms with van der Waals surface area (Å²) in [7, 11) is 0. The molecule has 0 aromatic carbocycles. The van der Waals surface area contributed by atoms with E-state index in [1.807, 2.05) is 6.92 Å². The molecule has 1 aliphatic heterocycles. The smallest absolute Gasteiger partial charge is 0.107 e. The van der Waals surface area contributed by atoms with Crippen molar-refractivity contribution in [2.45, 2.75) is 26.0 Å². The molecule has 8 heavy (non-hydrogen) atoms. The lowest BCUT2D eigenvalue weighted by molar-refractivity contribution is -0.0358. The molecule has 1 unspecified atom stereocenters. The summed E-state index contributed by atoms with van der Waals surface area (Å²) >= 11 is 0. The summed E-state index contributed by atoms with van der Waals surface area (Å²) in [6.07, 6.45) is 1.96. The first-order chi connectivity index (χ1) is 3.84. The van der Waals surface area contributed by atoms with Crippen LogP contribution in [0.25, 0.3) is 0 Å². The summed E-state index contributed by atoms with van der Waals surface area (Å²) in [6, 6.07) is 0. The molecule has 0 bridgehead atoms. The van der Waals surface area contributed by atoms with Gasteiger partial charge in [-0.3, -0.25) is 4.90 Å². The molecule has 0 radical (unpaired) electrons. The topological polar surface area (TPSA) is 23.5 Å². The van der Waals surface area contributed by atoms with Crippen molar-refractivity contribution in [3.63, 3.8) is 0 Å². The highest BCUT2D eigenvalue weighted by atomic mass is 16.3. The van der Waals surface area contributed by atoms with Crippen molar-refractivity contribution in [2.75, 3.05) is 13.1 Å². The molecule has 0 spiro atoms. The standard InChI is InChI=1S/C6H13NO/c1-2-6(8)7-4-3-5-7/h6,8H,2-5H2,1H3. The lowest BCUT2D eigenvalue weighted by Gasteiger charge is -2.34. The van der Waals surface area contributed by atoms with Gasteiger partial charge in [0.05, 0.1) is 0 Å². The van der Waals surface area contributed by atoms with Gasteiger partial charge in [0.2, 0.25) is 0 Å². The van der Waals surface area contributed by atoms with Crippen LogP contribution in [0.2, 0.25) is 0 Å². The van der Waals surface area contributed by atoms with Crippen LogP contribution in [-0.4, -0.2) is 29.3 Å². The first-order valence-electron chi connectivity index (χ1n) is 3.26. The van der Waals surface area contributed by atoms with Crippen molar-refractivity contribution >= 4 is 0 Å². The number of likely N-dealkylation sites (tertiary alicyclic amines) is 1. The Morgan fingerprint density at radius 3 is 2.38 bits per heavy atom. The Kier molecular flexibility index (Phi) is 1.86. The maximum Gasteiger partial charge on any atom is 0.107 e. The highest BCUT2D eigenvalue weighted by Crippen LogP contribution is 2.10. The molecule has 1 aliphatic rings. The average Bonchev–Trinajstić information content (AvgIpc) is 1.62. The fourth-order valence-corrected chi connectivity index (χ4v) is 0.897. The predicted molar refractivity (Wildman–Crippen MR) is 32.5 cm³/mol. The summed E-state index contributed by atoms with van der Waals surface area (Å²) in [5, 5.41) is 9.10. The van der Waals surface area contributed by atoms with Crippen LogP contribution < -0.4 is 0 Å². The normalized spacial score (nSPS) is 24.8. The molecule has 1 atom stereocenters. The Morgan fingerprint density at radius 1 is 1.62 bits per heavy atom. The van der Waals surface area contributed by atoms with Crippen LogP contribution in [0, 0.1) is 0 Å². The van der Waals surface area contributed by atoms with Gasteiger partial charge < -0.3 is 5.11 Å². The molecule has 1 rings (SSSR count). The lowest BCUT2D eigenvalue weighted by Crippen LogP contribution is -2.44. The van der Waals surface area contributed by atoms with Gasteiger partial charge in [-0.25, -0.2) is 0 Å². The molecule has 2 nitrogen and oxygen atoms in total. The highest BCUT2D eigenvalue weighted by Gasteiger charge is 2.19. The second-order valence-corrected chi connectivity index (χ2v) is 2.28. The molecule has 0 aliphatic carbocycles. The van der Waals surface area contributed by atoms with Gasteiger partial charge in [0.1, 0.15) is 6.23 Å². The average molecular weight is 115 g/mol. The molecule has 0 saturated carbocycles. The second-order valence-electron chi connectivity index (χ2n) is 2.28. The lowest BCUT2D eigenvalue weighted by atomic mass is 10.2. The van der Waals surface area contributed by atoms with E-state index in [2.05, 4.69) is 4.90 Å². The third-order valence-corrected chi connectivity index (χ3v) is 1.68. The molecule has 1 heterocycles. The summed E-state index contributed by atoms with van der Waals surface area (Å²) in [6.45, 7) is 4.19. The zero-order valence-corrected chi connectivity index (χ0v) is 5.30. The Bertz CT molecular complexity index is 68.2. The fourth-order valence-electron chi connectivity index (χ4n) is 0.897. The molecule has 2 heteroatoms. The maximum atomic E-state index is 9.10. The Morgan fingerprint density at radius 2 is 2.25 bits per heavy atom. The number of rotatable bonds is 2. The first kappa shape index (κ1) is 6.05. The van der Waals surface area contributed by atoms with Crippen LogP contribution in [0.5, 0.6) is 0 Å². The maximum absolute atomic E-state index is 9.10. The highest BCUT2D eigenvalue weighted by molar-refractivity contribution is 4.69. The van der Waals surface area contributed by atoms with Gasteiger partial charge in [0.15, 0.2) is 0 Å². The van der Waals surface area contributed by atoms with Crippen molar-refractivity contribution in [1.82, 2.24) is 4.90 Å². The molecule has 1 N–H and O–H groups in total. The third-order valence-electron chi connectivity index (χ3n) is 1.68. The zero-order valence-electron chi connectivity index (χ0n) is 5.30. The van der Waals surface area contributed by atoms with Crippen molar-refractivity contribution in [2.24, 2.45) is 0 Å². The second kappa shape index (κ2) is 2.46. The number of aliphatic hydroxyl groups excluding tert-OH is 1. The fraction of sp³-hybridized carbons (Fsp3) is 1.00. The van der Waals surface area contributed by atoms with Crippen LogP contribution in [0.4, 0.5) is 0 Å². The van der Waals surface area contributed by atoms with Gasteiger partial charge in [-0.05, 0) is 12.8 Å². The van der Waals surface area contributed by atoms with Gasteiger partial charge in [-0.2, -0.15) is 0 Å². The van der Waals surface area contributed by atoms with Crippen molar-refractivity contribution in [1.29, 1.82) is 0 Å². The minimum atomic E-state index is -0.163. The molecular weight excluding hydrogens is 102 g/mol. The van der Waals surface area contributed by atoms with E-state index in [1.54, 1.807) is 0 Å². The molecular formula is C6H13NO. The Labute approximate surface area is 50.1 Å². The molecule has 48 valence electrons. The van der Waals surface area contributed by atoms with Gasteiger partial charge in [-0.1, -0.05) is 6.92 Å². The number of hydrogen-bond donors (Lipinski definition) is 1. The minimum absolute atomic E-state index is 0.163. The summed E-state index contributed by atoms with van der Waals surface area (Å²) < 4.78 is 0. The Hall–Kier alpha value is -0.0800. The van der Waals surface area contributed by atoms with E-state index in [1.165, 1.54) is 6.42 Å². The molecule has 0 amide bonds. The van der Waals surface area contributed by atoms with E-state index >= 15 is 0 Å². The van der Waals surface area contributed by atoms with E-state index in [0.717, 1.165) is 19.5 Å². The largest absolute Gasteiger partial charge is 0.378 e. The van der Waals surface area contributed by atoms with E-state index in [9.17, 15) is 0 Å². The number of aliphatic hydroxyl groups is 1. The quantitative estimate of drug-likeness (QED) is 0.564. The number of hydrogen-bond acceptors (Lipinski definition) is 2. The van der Waals surface area contributed by atoms with Crippen molar-refractivity contribution in [3.8, 4) is 0 Å².